The van der Waals surface area contributed by atoms with Gasteiger partial charge in [0.1, 0.15) is 18.0 Å². The summed E-state index contributed by atoms with van der Waals surface area (Å²) in [7, 11) is 2.73. The summed E-state index contributed by atoms with van der Waals surface area (Å²) < 4.78 is 22.3. The molecular weight excluding hydrogens is 211 g/mol. The van der Waals surface area contributed by atoms with Gasteiger partial charge < -0.3 is 9.47 Å². The third-order valence-corrected chi connectivity index (χ3v) is 1.80. The van der Waals surface area contributed by atoms with E-state index in [1.54, 1.807) is 6.07 Å². The Balaban J connectivity index is 2.80. The first kappa shape index (κ1) is 12.1. The van der Waals surface area contributed by atoms with Crippen molar-refractivity contribution in [1.29, 1.82) is 0 Å². The average molecular weight is 222 g/mol. The molecule has 0 unspecified atom stereocenters. The lowest BCUT2D eigenvalue weighted by atomic mass is 10.2. The number of ether oxygens (including phenoxy) is 2. The van der Waals surface area contributed by atoms with Crippen LogP contribution in [0.5, 0.6) is 5.75 Å². The number of benzene rings is 1. The molecule has 0 spiro atoms. The Morgan fingerprint density at radius 1 is 1.38 bits per heavy atom. The van der Waals surface area contributed by atoms with Crippen LogP contribution < -0.4 is 4.74 Å². The van der Waals surface area contributed by atoms with Crippen LogP contribution >= 0.6 is 0 Å². The highest BCUT2D eigenvalue weighted by molar-refractivity contribution is 5.72. The molecule has 0 saturated heterocycles. The fourth-order valence-corrected chi connectivity index (χ4v) is 1.04. The molecule has 0 amide bonds. The van der Waals surface area contributed by atoms with E-state index < -0.39 is 11.8 Å². The maximum Gasteiger partial charge on any atom is 0.317 e. The second kappa shape index (κ2) is 5.76. The average Bonchev–Trinajstić information content (AvgIpc) is 2.28. The fourth-order valence-electron chi connectivity index (χ4n) is 1.04. The molecule has 0 radical (unpaired) electrons. The highest BCUT2D eigenvalue weighted by Crippen LogP contribution is 2.14. The van der Waals surface area contributed by atoms with Crippen LogP contribution in [0.4, 0.5) is 4.39 Å². The molecule has 16 heavy (non-hydrogen) atoms. The summed E-state index contributed by atoms with van der Waals surface area (Å²) in [5.74, 6) is 4.78. The van der Waals surface area contributed by atoms with Crippen molar-refractivity contribution >= 4 is 5.97 Å². The molecule has 0 aliphatic heterocycles. The minimum absolute atomic E-state index is 0.0185. The normalized spacial score (nSPS) is 8.94. The van der Waals surface area contributed by atoms with Gasteiger partial charge in [-0.2, -0.15) is 0 Å². The molecule has 0 aliphatic rings. The Labute approximate surface area is 93.2 Å². The molecular formula is C12H11FO3. The van der Waals surface area contributed by atoms with Crippen LogP contribution in [-0.2, 0) is 9.53 Å². The van der Waals surface area contributed by atoms with Crippen LogP contribution in [0.2, 0.25) is 0 Å². The molecule has 0 saturated carbocycles. The Morgan fingerprint density at radius 2 is 2.12 bits per heavy atom. The molecule has 0 atom stereocenters. The van der Waals surface area contributed by atoms with Crippen LogP contribution in [0, 0.1) is 17.7 Å². The maximum absolute atomic E-state index is 13.0. The number of carbonyl (C=O) groups excluding carboxylic acids is 1. The Kier molecular flexibility index (Phi) is 4.34. The van der Waals surface area contributed by atoms with Gasteiger partial charge in [0.05, 0.1) is 14.2 Å². The number of carbonyl (C=O) groups is 1. The number of methoxy groups -OCH3 is 2. The van der Waals surface area contributed by atoms with E-state index in [-0.39, 0.29) is 6.42 Å². The number of esters is 1. The zero-order valence-electron chi connectivity index (χ0n) is 9.04. The summed E-state index contributed by atoms with van der Waals surface area (Å²) >= 11 is 0. The van der Waals surface area contributed by atoms with Crippen LogP contribution in [0.3, 0.4) is 0 Å². The summed E-state index contributed by atoms with van der Waals surface area (Å²) in [5.41, 5.74) is 0.459. The van der Waals surface area contributed by atoms with Crippen molar-refractivity contribution < 1.29 is 18.7 Å². The number of hydrogen-bond donors (Lipinski definition) is 0. The number of rotatable bonds is 2. The van der Waals surface area contributed by atoms with Crippen LogP contribution in [0.15, 0.2) is 18.2 Å². The van der Waals surface area contributed by atoms with Crippen molar-refractivity contribution in [3.05, 3.63) is 29.6 Å². The molecule has 84 valence electrons. The quantitative estimate of drug-likeness (QED) is 0.565. The van der Waals surface area contributed by atoms with Gasteiger partial charge >= 0.3 is 5.97 Å². The lowest BCUT2D eigenvalue weighted by Crippen LogP contribution is -1.97. The molecule has 0 N–H and O–H groups in total. The second-order valence-corrected chi connectivity index (χ2v) is 2.93. The van der Waals surface area contributed by atoms with Gasteiger partial charge in [0.15, 0.2) is 0 Å². The molecule has 0 aliphatic carbocycles. The topological polar surface area (TPSA) is 35.5 Å². The van der Waals surface area contributed by atoms with E-state index in [2.05, 4.69) is 16.6 Å². The lowest BCUT2D eigenvalue weighted by molar-refractivity contribution is -0.139. The highest BCUT2D eigenvalue weighted by Gasteiger charge is 1.99. The van der Waals surface area contributed by atoms with E-state index in [1.807, 2.05) is 0 Å². The Hall–Kier alpha value is -2.02. The summed E-state index contributed by atoms with van der Waals surface area (Å²) in [6, 6.07) is 4.12. The van der Waals surface area contributed by atoms with Gasteiger partial charge in [0.25, 0.3) is 0 Å². The summed E-state index contributed by atoms with van der Waals surface area (Å²) in [6.07, 6.45) is -0.0185. The Bertz CT molecular complexity index is 443. The van der Waals surface area contributed by atoms with Crippen LogP contribution in [0.1, 0.15) is 12.0 Å². The smallest absolute Gasteiger partial charge is 0.317 e. The van der Waals surface area contributed by atoms with Gasteiger partial charge in [-0.15, -0.1) is 0 Å². The number of halogens is 1. The molecule has 0 bridgehead atoms. The van der Waals surface area contributed by atoms with Crippen LogP contribution in [0.25, 0.3) is 0 Å². The van der Waals surface area contributed by atoms with E-state index in [9.17, 15) is 9.18 Å². The first-order chi connectivity index (χ1) is 7.65. The van der Waals surface area contributed by atoms with Gasteiger partial charge in [-0.1, -0.05) is 11.8 Å². The van der Waals surface area contributed by atoms with Crippen molar-refractivity contribution in [2.45, 2.75) is 6.42 Å². The zero-order chi connectivity index (χ0) is 12.0. The summed E-state index contributed by atoms with van der Waals surface area (Å²) in [5, 5.41) is 0. The summed E-state index contributed by atoms with van der Waals surface area (Å²) in [6.45, 7) is 0. The van der Waals surface area contributed by atoms with E-state index in [0.29, 0.717) is 11.3 Å². The van der Waals surface area contributed by atoms with Gasteiger partial charge in [-0.25, -0.2) is 4.39 Å². The molecule has 4 heteroatoms. The van der Waals surface area contributed by atoms with E-state index in [0.717, 1.165) is 0 Å². The fraction of sp³-hybridized carbons (Fsp3) is 0.250. The second-order valence-electron chi connectivity index (χ2n) is 2.93. The molecule has 1 aromatic carbocycles. The van der Waals surface area contributed by atoms with Crippen molar-refractivity contribution in [2.75, 3.05) is 14.2 Å². The van der Waals surface area contributed by atoms with E-state index >= 15 is 0 Å². The monoisotopic (exact) mass is 222 g/mol. The van der Waals surface area contributed by atoms with Gasteiger partial charge in [0.2, 0.25) is 0 Å². The molecule has 1 rings (SSSR count). The first-order valence-electron chi connectivity index (χ1n) is 4.56. The highest BCUT2D eigenvalue weighted by atomic mass is 19.1. The molecule has 0 fully saturated rings. The first-order valence-corrected chi connectivity index (χ1v) is 4.56. The minimum atomic E-state index is -0.429. The van der Waals surface area contributed by atoms with Crippen LogP contribution in [-0.4, -0.2) is 20.2 Å². The van der Waals surface area contributed by atoms with Gasteiger partial charge in [-0.05, 0) is 12.1 Å². The molecule has 1 aromatic rings. The maximum atomic E-state index is 13.0. The van der Waals surface area contributed by atoms with Crippen molar-refractivity contribution in [3.8, 4) is 17.6 Å². The van der Waals surface area contributed by atoms with Crippen molar-refractivity contribution in [3.63, 3.8) is 0 Å². The summed E-state index contributed by atoms with van der Waals surface area (Å²) in [4.78, 5) is 10.8. The lowest BCUT2D eigenvalue weighted by Gasteiger charge is -1.99. The Morgan fingerprint density at radius 3 is 2.75 bits per heavy atom. The largest absolute Gasteiger partial charge is 0.497 e. The van der Waals surface area contributed by atoms with Gasteiger partial charge in [0, 0.05) is 11.6 Å². The van der Waals surface area contributed by atoms with E-state index in [1.165, 1.54) is 26.4 Å². The van der Waals surface area contributed by atoms with Crippen molar-refractivity contribution in [2.24, 2.45) is 0 Å². The zero-order valence-corrected chi connectivity index (χ0v) is 9.04. The standard InChI is InChI=1S/C12H11FO3/c1-15-11-7-9(6-10(13)8-11)4-3-5-12(14)16-2/h6-8H,5H2,1-2H3. The molecule has 0 heterocycles. The SMILES string of the molecule is COC(=O)CC#Cc1cc(F)cc(OC)c1. The molecule has 3 nitrogen and oxygen atoms in total. The van der Waals surface area contributed by atoms with Gasteiger partial charge in [-0.3, -0.25) is 4.79 Å². The van der Waals surface area contributed by atoms with E-state index in [4.69, 9.17) is 4.74 Å². The molecule has 0 aromatic heterocycles. The third-order valence-electron chi connectivity index (χ3n) is 1.80. The third kappa shape index (κ3) is 3.62. The predicted molar refractivity (Wildman–Crippen MR) is 56.5 cm³/mol. The van der Waals surface area contributed by atoms with Crippen molar-refractivity contribution in [1.82, 2.24) is 0 Å². The minimum Gasteiger partial charge on any atom is -0.497 e. The number of hydrogen-bond acceptors (Lipinski definition) is 3. The predicted octanol–water partition coefficient (Wildman–Crippen LogP) is 1.75.